The van der Waals surface area contributed by atoms with Crippen LogP contribution in [0.1, 0.15) is 37.0 Å². The molecule has 0 fully saturated rings. The zero-order chi connectivity index (χ0) is 14.8. The second kappa shape index (κ2) is 5.71. The van der Waals surface area contributed by atoms with Crippen LogP contribution in [0, 0.1) is 11.6 Å². The van der Waals surface area contributed by atoms with Crippen molar-refractivity contribution < 1.29 is 8.78 Å². The molecular formula is C17H19F2N. The Bertz CT molecular complexity index is 568. The summed E-state index contributed by atoms with van der Waals surface area (Å²) in [6.45, 7) is 3.88. The molecule has 0 saturated heterocycles. The molecule has 0 amide bonds. The number of rotatable bonds is 4. The average Bonchev–Trinajstić information content (AvgIpc) is 2.38. The summed E-state index contributed by atoms with van der Waals surface area (Å²) in [4.78, 5) is 0. The van der Waals surface area contributed by atoms with Crippen molar-refractivity contribution in [1.29, 1.82) is 0 Å². The normalized spacial score (nSPS) is 14.1. The minimum absolute atomic E-state index is 0.429. The lowest BCUT2D eigenvalue weighted by atomic mass is 9.85. The minimum Gasteiger partial charge on any atom is -0.318 e. The third-order valence-corrected chi connectivity index (χ3v) is 3.55. The second-order valence-electron chi connectivity index (χ2n) is 5.31. The van der Waals surface area contributed by atoms with Crippen molar-refractivity contribution in [3.63, 3.8) is 0 Å². The molecule has 0 aliphatic rings. The molecule has 2 aromatic carbocycles. The predicted molar refractivity (Wildman–Crippen MR) is 77.4 cm³/mol. The molecule has 2 aromatic rings. The SMILES string of the molecule is CCCc1ccc(C(C)(N)c2cc(F)cc(F)c2)cc1. The van der Waals surface area contributed by atoms with Crippen LogP contribution in [0.2, 0.25) is 0 Å². The third-order valence-electron chi connectivity index (χ3n) is 3.55. The molecule has 20 heavy (non-hydrogen) atoms. The quantitative estimate of drug-likeness (QED) is 0.891. The van der Waals surface area contributed by atoms with Crippen molar-refractivity contribution in [3.05, 3.63) is 70.8 Å². The van der Waals surface area contributed by atoms with E-state index in [0.29, 0.717) is 5.56 Å². The zero-order valence-electron chi connectivity index (χ0n) is 11.8. The van der Waals surface area contributed by atoms with Crippen molar-refractivity contribution in [1.82, 2.24) is 0 Å². The van der Waals surface area contributed by atoms with E-state index in [1.165, 1.54) is 17.7 Å². The lowest BCUT2D eigenvalue weighted by Crippen LogP contribution is -2.34. The van der Waals surface area contributed by atoms with E-state index in [0.717, 1.165) is 24.5 Å². The van der Waals surface area contributed by atoms with E-state index in [4.69, 9.17) is 5.73 Å². The fourth-order valence-corrected chi connectivity index (χ4v) is 2.33. The van der Waals surface area contributed by atoms with Crippen LogP contribution in [-0.2, 0) is 12.0 Å². The molecule has 0 radical (unpaired) electrons. The maximum atomic E-state index is 13.3. The van der Waals surface area contributed by atoms with Crippen molar-refractivity contribution >= 4 is 0 Å². The van der Waals surface area contributed by atoms with Crippen LogP contribution in [-0.4, -0.2) is 0 Å². The predicted octanol–water partition coefficient (Wildman–Crippen LogP) is 4.14. The molecule has 2 rings (SSSR count). The van der Waals surface area contributed by atoms with E-state index in [1.807, 2.05) is 24.3 Å². The summed E-state index contributed by atoms with van der Waals surface area (Å²) in [7, 11) is 0. The van der Waals surface area contributed by atoms with Gasteiger partial charge in [0.2, 0.25) is 0 Å². The Balaban J connectivity index is 2.37. The van der Waals surface area contributed by atoms with Crippen LogP contribution in [0.25, 0.3) is 0 Å². The van der Waals surface area contributed by atoms with Gasteiger partial charge in [-0.1, -0.05) is 37.6 Å². The minimum atomic E-state index is -0.923. The van der Waals surface area contributed by atoms with Crippen LogP contribution in [0.15, 0.2) is 42.5 Å². The molecule has 0 aliphatic carbocycles. The lowest BCUT2D eigenvalue weighted by molar-refractivity contribution is 0.550. The first-order valence-electron chi connectivity index (χ1n) is 6.78. The van der Waals surface area contributed by atoms with Gasteiger partial charge < -0.3 is 5.73 Å². The summed E-state index contributed by atoms with van der Waals surface area (Å²) in [5.74, 6) is -1.22. The van der Waals surface area contributed by atoms with Crippen molar-refractivity contribution in [2.24, 2.45) is 5.73 Å². The van der Waals surface area contributed by atoms with Gasteiger partial charge in [-0.3, -0.25) is 0 Å². The highest BCUT2D eigenvalue weighted by Gasteiger charge is 2.24. The Kier molecular flexibility index (Phi) is 4.19. The molecule has 0 aromatic heterocycles. The fourth-order valence-electron chi connectivity index (χ4n) is 2.33. The average molecular weight is 275 g/mol. The highest BCUT2D eigenvalue weighted by Crippen LogP contribution is 2.28. The molecule has 2 N–H and O–H groups in total. The Hall–Kier alpha value is -1.74. The maximum absolute atomic E-state index is 13.3. The molecule has 106 valence electrons. The van der Waals surface area contributed by atoms with Gasteiger partial charge in [-0.25, -0.2) is 8.78 Å². The second-order valence-corrected chi connectivity index (χ2v) is 5.31. The summed E-state index contributed by atoms with van der Waals surface area (Å²) in [6, 6.07) is 11.3. The van der Waals surface area contributed by atoms with Gasteiger partial charge in [0.15, 0.2) is 0 Å². The fraction of sp³-hybridized carbons (Fsp3) is 0.294. The van der Waals surface area contributed by atoms with Crippen LogP contribution < -0.4 is 5.73 Å². The Morgan fingerprint density at radius 2 is 1.50 bits per heavy atom. The number of halogens is 2. The topological polar surface area (TPSA) is 26.0 Å². The van der Waals surface area contributed by atoms with Gasteiger partial charge in [-0.15, -0.1) is 0 Å². The van der Waals surface area contributed by atoms with Crippen LogP contribution in [0.5, 0.6) is 0 Å². The first-order valence-corrected chi connectivity index (χ1v) is 6.78. The summed E-state index contributed by atoms with van der Waals surface area (Å²) in [5, 5.41) is 0. The van der Waals surface area contributed by atoms with Gasteiger partial charge in [0.25, 0.3) is 0 Å². The summed E-state index contributed by atoms with van der Waals surface area (Å²) in [5.41, 5.74) is 7.86. The molecule has 0 bridgehead atoms. The molecular weight excluding hydrogens is 256 g/mol. The van der Waals surface area contributed by atoms with Crippen LogP contribution in [0.3, 0.4) is 0 Å². The number of benzene rings is 2. The van der Waals surface area contributed by atoms with Gasteiger partial charge in [0, 0.05) is 6.07 Å². The van der Waals surface area contributed by atoms with Crippen molar-refractivity contribution in [2.75, 3.05) is 0 Å². The van der Waals surface area contributed by atoms with Crippen LogP contribution >= 0.6 is 0 Å². The molecule has 3 heteroatoms. The summed E-state index contributed by atoms with van der Waals surface area (Å²) < 4.78 is 26.7. The van der Waals surface area contributed by atoms with E-state index in [2.05, 4.69) is 6.92 Å². The largest absolute Gasteiger partial charge is 0.318 e. The number of aryl methyl sites for hydroxylation is 1. The lowest BCUT2D eigenvalue weighted by Gasteiger charge is -2.26. The highest BCUT2D eigenvalue weighted by molar-refractivity contribution is 5.38. The molecule has 0 saturated carbocycles. The summed E-state index contributed by atoms with van der Waals surface area (Å²) >= 11 is 0. The Labute approximate surface area is 118 Å². The van der Waals surface area contributed by atoms with Gasteiger partial charge in [-0.2, -0.15) is 0 Å². The summed E-state index contributed by atoms with van der Waals surface area (Å²) in [6.07, 6.45) is 2.09. The maximum Gasteiger partial charge on any atom is 0.126 e. The Morgan fingerprint density at radius 3 is 2.00 bits per heavy atom. The zero-order valence-corrected chi connectivity index (χ0v) is 11.8. The van der Waals surface area contributed by atoms with Crippen LogP contribution in [0.4, 0.5) is 8.78 Å². The van der Waals surface area contributed by atoms with E-state index in [1.54, 1.807) is 6.92 Å². The smallest absolute Gasteiger partial charge is 0.126 e. The highest BCUT2D eigenvalue weighted by atomic mass is 19.1. The molecule has 0 heterocycles. The van der Waals surface area contributed by atoms with Gasteiger partial charge in [0.05, 0.1) is 5.54 Å². The molecule has 0 spiro atoms. The standard InChI is InChI=1S/C17H19F2N/c1-3-4-12-5-7-13(8-6-12)17(2,20)14-9-15(18)11-16(19)10-14/h5-11H,3-4,20H2,1-2H3. The number of nitrogens with two attached hydrogens (primary N) is 1. The number of hydrogen-bond donors (Lipinski definition) is 1. The van der Waals surface area contributed by atoms with Gasteiger partial charge >= 0.3 is 0 Å². The Morgan fingerprint density at radius 1 is 0.950 bits per heavy atom. The first-order chi connectivity index (χ1) is 9.43. The number of hydrogen-bond acceptors (Lipinski definition) is 1. The molecule has 1 atom stereocenters. The third kappa shape index (κ3) is 3.05. The van der Waals surface area contributed by atoms with E-state index in [9.17, 15) is 8.78 Å². The first kappa shape index (κ1) is 14.7. The van der Waals surface area contributed by atoms with E-state index < -0.39 is 17.2 Å². The van der Waals surface area contributed by atoms with E-state index in [-0.39, 0.29) is 0 Å². The molecule has 1 unspecified atom stereocenters. The van der Waals surface area contributed by atoms with Crippen molar-refractivity contribution in [2.45, 2.75) is 32.2 Å². The van der Waals surface area contributed by atoms with E-state index >= 15 is 0 Å². The van der Waals surface area contributed by atoms with Gasteiger partial charge in [0.1, 0.15) is 11.6 Å². The monoisotopic (exact) mass is 275 g/mol. The molecule has 1 nitrogen and oxygen atoms in total. The van der Waals surface area contributed by atoms with Crippen molar-refractivity contribution in [3.8, 4) is 0 Å². The molecule has 0 aliphatic heterocycles. The van der Waals surface area contributed by atoms with Gasteiger partial charge in [-0.05, 0) is 42.2 Å².